The van der Waals surface area contributed by atoms with Crippen LogP contribution in [0.3, 0.4) is 0 Å². The van der Waals surface area contributed by atoms with Crippen LogP contribution in [0.1, 0.15) is 11.3 Å². The molecule has 0 saturated heterocycles. The normalized spacial score (nSPS) is 11.0. The molecule has 0 aliphatic heterocycles. The van der Waals surface area contributed by atoms with E-state index in [0.717, 1.165) is 5.69 Å². The van der Waals surface area contributed by atoms with Crippen LogP contribution in [-0.2, 0) is 6.54 Å². The Bertz CT molecular complexity index is 586. The number of anilines is 1. The van der Waals surface area contributed by atoms with Gasteiger partial charge in [-0.2, -0.15) is 13.9 Å². The van der Waals surface area contributed by atoms with Crippen molar-refractivity contribution in [3.05, 3.63) is 40.0 Å². The van der Waals surface area contributed by atoms with Crippen molar-refractivity contribution in [3.8, 4) is 5.75 Å². The molecule has 102 valence electrons. The fourth-order valence-electron chi connectivity index (χ4n) is 1.70. The second-order valence-electron chi connectivity index (χ2n) is 3.93. The molecule has 19 heavy (non-hydrogen) atoms. The van der Waals surface area contributed by atoms with Crippen LogP contribution in [0.25, 0.3) is 0 Å². The van der Waals surface area contributed by atoms with Crippen molar-refractivity contribution in [2.45, 2.75) is 20.1 Å². The van der Waals surface area contributed by atoms with E-state index in [9.17, 15) is 8.78 Å². The number of aryl methyl sites for hydroxylation is 1. The number of nitrogens with zero attached hydrogens (tertiary/aromatic N) is 2. The van der Waals surface area contributed by atoms with Crippen LogP contribution in [0, 0.1) is 6.92 Å². The second-order valence-corrected chi connectivity index (χ2v) is 4.72. The molecule has 0 saturated carbocycles. The Balaban J connectivity index is 2.30. The molecule has 0 atom stereocenters. The highest BCUT2D eigenvalue weighted by Gasteiger charge is 2.13. The van der Waals surface area contributed by atoms with E-state index in [-0.39, 0.29) is 12.3 Å². The summed E-state index contributed by atoms with van der Waals surface area (Å²) in [6.07, 6.45) is 0. The van der Waals surface area contributed by atoms with Gasteiger partial charge in [-0.15, -0.1) is 0 Å². The van der Waals surface area contributed by atoms with Crippen molar-refractivity contribution >= 4 is 21.7 Å². The molecule has 1 aromatic carbocycles. The zero-order valence-electron chi connectivity index (χ0n) is 10.1. The van der Waals surface area contributed by atoms with Crippen LogP contribution in [0.5, 0.6) is 5.75 Å². The van der Waals surface area contributed by atoms with Gasteiger partial charge in [-0.05, 0) is 28.9 Å². The van der Waals surface area contributed by atoms with E-state index in [0.29, 0.717) is 15.9 Å². The van der Waals surface area contributed by atoms with Crippen LogP contribution in [0.2, 0.25) is 0 Å². The van der Waals surface area contributed by atoms with Gasteiger partial charge in [0, 0.05) is 5.56 Å². The van der Waals surface area contributed by atoms with Crippen LogP contribution in [0.15, 0.2) is 28.7 Å². The molecule has 0 spiro atoms. The number of nitrogens with two attached hydrogens (primary N) is 1. The van der Waals surface area contributed by atoms with Crippen molar-refractivity contribution in [2.24, 2.45) is 0 Å². The SMILES string of the molecule is Cc1nn(Cc2ccccc2OC(F)F)c(N)c1Br. The van der Waals surface area contributed by atoms with Gasteiger partial charge in [0.2, 0.25) is 0 Å². The summed E-state index contributed by atoms with van der Waals surface area (Å²) in [5.74, 6) is 0.575. The molecule has 4 nitrogen and oxygen atoms in total. The van der Waals surface area contributed by atoms with E-state index in [4.69, 9.17) is 5.73 Å². The zero-order valence-corrected chi connectivity index (χ0v) is 11.7. The molecule has 0 bridgehead atoms. The Labute approximate surface area is 117 Å². The number of rotatable bonds is 4. The van der Waals surface area contributed by atoms with Crippen LogP contribution in [-0.4, -0.2) is 16.4 Å². The maximum atomic E-state index is 12.3. The molecule has 0 radical (unpaired) electrons. The topological polar surface area (TPSA) is 53.1 Å². The van der Waals surface area contributed by atoms with Gasteiger partial charge in [-0.25, -0.2) is 4.68 Å². The lowest BCUT2D eigenvalue weighted by atomic mass is 10.2. The van der Waals surface area contributed by atoms with Gasteiger partial charge in [0.25, 0.3) is 0 Å². The van der Waals surface area contributed by atoms with E-state index in [2.05, 4.69) is 25.8 Å². The minimum absolute atomic E-state index is 0.126. The van der Waals surface area contributed by atoms with Gasteiger partial charge in [0.1, 0.15) is 11.6 Å². The third kappa shape index (κ3) is 3.04. The fraction of sp³-hybridized carbons (Fsp3) is 0.250. The van der Waals surface area contributed by atoms with E-state index in [1.165, 1.54) is 10.7 Å². The molecular weight excluding hydrogens is 320 g/mol. The minimum atomic E-state index is -2.86. The van der Waals surface area contributed by atoms with Crippen molar-refractivity contribution in [1.29, 1.82) is 0 Å². The molecule has 2 rings (SSSR count). The third-order valence-electron chi connectivity index (χ3n) is 2.60. The van der Waals surface area contributed by atoms with E-state index < -0.39 is 6.61 Å². The first-order valence-electron chi connectivity index (χ1n) is 5.50. The average Bonchev–Trinajstić information content (AvgIpc) is 2.59. The lowest BCUT2D eigenvalue weighted by molar-refractivity contribution is -0.0505. The van der Waals surface area contributed by atoms with E-state index >= 15 is 0 Å². The van der Waals surface area contributed by atoms with Crippen LogP contribution in [0.4, 0.5) is 14.6 Å². The molecular formula is C12H12BrF2N3O. The zero-order chi connectivity index (χ0) is 14.0. The summed E-state index contributed by atoms with van der Waals surface area (Å²) in [6, 6.07) is 6.56. The quantitative estimate of drug-likeness (QED) is 0.936. The number of para-hydroxylation sites is 1. The van der Waals surface area contributed by atoms with Crippen molar-refractivity contribution in [1.82, 2.24) is 9.78 Å². The molecule has 2 N–H and O–H groups in total. The standard InChI is InChI=1S/C12H12BrF2N3O/c1-7-10(13)11(16)18(17-7)6-8-4-2-3-5-9(8)19-12(14)15/h2-5,12H,6,16H2,1H3. The summed E-state index contributed by atoms with van der Waals surface area (Å²) in [5.41, 5.74) is 7.20. The summed E-state index contributed by atoms with van der Waals surface area (Å²) < 4.78 is 31.3. The highest BCUT2D eigenvalue weighted by molar-refractivity contribution is 9.10. The molecule has 0 aliphatic rings. The Morgan fingerprint density at radius 3 is 2.68 bits per heavy atom. The molecule has 2 aromatic rings. The molecule has 0 amide bonds. The third-order valence-corrected chi connectivity index (χ3v) is 3.58. The number of benzene rings is 1. The Morgan fingerprint density at radius 2 is 2.11 bits per heavy atom. The first-order valence-corrected chi connectivity index (χ1v) is 6.29. The molecule has 1 aromatic heterocycles. The highest BCUT2D eigenvalue weighted by atomic mass is 79.9. The Hall–Kier alpha value is -1.63. The number of ether oxygens (including phenoxy) is 1. The van der Waals surface area contributed by atoms with Crippen molar-refractivity contribution in [3.63, 3.8) is 0 Å². The minimum Gasteiger partial charge on any atom is -0.434 e. The molecule has 7 heteroatoms. The molecule has 0 fully saturated rings. The predicted octanol–water partition coefficient (Wildman–Crippen LogP) is 3.19. The number of hydrogen-bond acceptors (Lipinski definition) is 3. The number of halogens is 3. The summed E-state index contributed by atoms with van der Waals surface area (Å²) in [5, 5.41) is 4.23. The molecule has 1 heterocycles. The largest absolute Gasteiger partial charge is 0.434 e. The predicted molar refractivity (Wildman–Crippen MR) is 71.3 cm³/mol. The first kappa shape index (κ1) is 13.8. The van der Waals surface area contributed by atoms with Gasteiger partial charge in [0.15, 0.2) is 0 Å². The maximum Gasteiger partial charge on any atom is 0.387 e. The van der Waals surface area contributed by atoms with Crippen molar-refractivity contribution in [2.75, 3.05) is 5.73 Å². The number of hydrogen-bond donors (Lipinski definition) is 1. The van der Waals surface area contributed by atoms with Gasteiger partial charge < -0.3 is 10.5 Å². The summed E-state index contributed by atoms with van der Waals surface area (Å²) in [4.78, 5) is 0. The molecule has 0 aliphatic carbocycles. The lowest BCUT2D eigenvalue weighted by Crippen LogP contribution is -2.09. The number of nitrogen functional groups attached to an aromatic ring is 1. The lowest BCUT2D eigenvalue weighted by Gasteiger charge is -2.11. The van der Waals surface area contributed by atoms with Gasteiger partial charge >= 0.3 is 6.61 Å². The monoisotopic (exact) mass is 331 g/mol. The van der Waals surface area contributed by atoms with Crippen molar-refractivity contribution < 1.29 is 13.5 Å². The Morgan fingerprint density at radius 1 is 1.42 bits per heavy atom. The maximum absolute atomic E-state index is 12.3. The Kier molecular flexibility index (Phi) is 4.04. The molecule has 0 unspecified atom stereocenters. The van der Waals surface area contributed by atoms with Crippen LogP contribution >= 0.6 is 15.9 Å². The number of alkyl halides is 2. The fourth-order valence-corrected chi connectivity index (χ4v) is 1.99. The summed E-state index contributed by atoms with van der Waals surface area (Å²) >= 11 is 3.31. The van der Waals surface area contributed by atoms with E-state index in [1.807, 2.05) is 0 Å². The smallest absolute Gasteiger partial charge is 0.387 e. The number of aromatic nitrogens is 2. The summed E-state index contributed by atoms with van der Waals surface area (Å²) in [7, 11) is 0. The van der Waals surface area contributed by atoms with Gasteiger partial charge in [-0.1, -0.05) is 18.2 Å². The highest BCUT2D eigenvalue weighted by Crippen LogP contribution is 2.26. The first-order chi connectivity index (χ1) is 8.99. The average molecular weight is 332 g/mol. The van der Waals surface area contributed by atoms with Gasteiger partial charge in [-0.3, -0.25) is 0 Å². The van der Waals surface area contributed by atoms with Gasteiger partial charge in [0.05, 0.1) is 16.7 Å². The second kappa shape index (κ2) is 5.56. The van der Waals surface area contributed by atoms with E-state index in [1.54, 1.807) is 25.1 Å². The summed E-state index contributed by atoms with van der Waals surface area (Å²) in [6.45, 7) is -0.788. The van der Waals surface area contributed by atoms with Crippen LogP contribution < -0.4 is 10.5 Å².